The molecule has 48 valence electrons. The van der Waals surface area contributed by atoms with Crippen molar-refractivity contribution in [3.63, 3.8) is 0 Å². The fourth-order valence-electron chi connectivity index (χ4n) is 0.802. The molecular weight excluding hydrogens is 118 g/mol. The van der Waals surface area contributed by atoms with E-state index < -0.39 is 0 Å². The number of nitrogens with one attached hydrogen (secondary N) is 1. The minimum absolute atomic E-state index is 1.25. The topological polar surface area (TPSA) is 12.0 Å². The molecule has 0 saturated carbocycles. The van der Waals surface area contributed by atoms with Crippen molar-refractivity contribution < 1.29 is 0 Å². The highest BCUT2D eigenvalue weighted by Gasteiger charge is 1.93. The van der Waals surface area contributed by atoms with Gasteiger partial charge in [-0.25, -0.2) is 0 Å². The fraction of sp³-hybridized carbons (Fsp3) is 0.833. The Hall–Kier alpha value is 0.0500. The molecule has 1 rings (SSSR count). The minimum atomic E-state index is 1.25. The number of thiocarbonyl (C=S) groups is 1. The Morgan fingerprint density at radius 1 is 1.00 bits per heavy atom. The summed E-state index contributed by atoms with van der Waals surface area (Å²) in [5.74, 6) is 2.83. The van der Waals surface area contributed by atoms with Gasteiger partial charge in [-0.3, -0.25) is 0 Å². The second-order valence-electron chi connectivity index (χ2n) is 1.81. The predicted octanol–water partition coefficient (Wildman–Crippen LogP) is 1.38. The van der Waals surface area contributed by atoms with Gasteiger partial charge in [0.1, 0.15) is 0 Å². The van der Waals surface area contributed by atoms with Crippen molar-refractivity contribution in [2.24, 2.45) is 0 Å². The molecule has 1 aliphatic rings. The summed E-state index contributed by atoms with van der Waals surface area (Å²) in [6.07, 6.45) is 4.22. The molecule has 0 aromatic rings. The molecule has 1 heterocycles. The van der Waals surface area contributed by atoms with Crippen LogP contribution in [0.5, 0.6) is 0 Å². The molecule has 0 radical (unpaired) electrons. The van der Waals surface area contributed by atoms with Crippen LogP contribution >= 0.6 is 12.2 Å². The molecule has 0 spiro atoms. The zero-order chi connectivity index (χ0) is 6.24. The molecule has 0 bridgehead atoms. The molecule has 0 aliphatic carbocycles. The van der Waals surface area contributed by atoms with Crippen molar-refractivity contribution in [2.75, 3.05) is 13.1 Å². The van der Waals surface area contributed by atoms with E-state index in [4.69, 9.17) is 0 Å². The lowest BCUT2D eigenvalue weighted by molar-refractivity contribution is 0.520. The summed E-state index contributed by atoms with van der Waals surface area (Å²) in [6, 6.07) is 0. The summed E-state index contributed by atoms with van der Waals surface area (Å²) in [7, 11) is 0. The molecule has 2 heteroatoms. The maximum absolute atomic E-state index is 3.83. The average Bonchev–Trinajstić information content (AvgIpc) is 1.96. The van der Waals surface area contributed by atoms with Crippen LogP contribution in [-0.2, 0) is 0 Å². The monoisotopic (exact) mass is 131 g/mol. The van der Waals surface area contributed by atoms with Gasteiger partial charge in [-0.05, 0) is 31.8 Å². The number of hydrogen-bond acceptors (Lipinski definition) is 2. The normalized spacial score (nSPS) is 18.5. The van der Waals surface area contributed by atoms with Gasteiger partial charge in [0.05, 0.1) is 0 Å². The third-order valence-electron chi connectivity index (χ3n) is 1.21. The van der Waals surface area contributed by atoms with Gasteiger partial charge in [-0.2, -0.15) is 0 Å². The van der Waals surface area contributed by atoms with Gasteiger partial charge in [-0.1, -0.05) is 18.6 Å². The summed E-state index contributed by atoms with van der Waals surface area (Å²) in [4.78, 5) is 0. The van der Waals surface area contributed by atoms with Crippen molar-refractivity contribution in [2.45, 2.75) is 19.3 Å². The van der Waals surface area contributed by atoms with E-state index in [1.807, 2.05) is 0 Å². The summed E-state index contributed by atoms with van der Waals surface area (Å²) < 4.78 is 0. The van der Waals surface area contributed by atoms with Gasteiger partial charge in [-0.15, -0.1) is 0 Å². The van der Waals surface area contributed by atoms with E-state index in [0.29, 0.717) is 0 Å². The maximum atomic E-state index is 3.83. The first-order valence-corrected chi connectivity index (χ1v) is 3.57. The molecule has 0 unspecified atom stereocenters. The highest BCUT2D eigenvalue weighted by molar-refractivity contribution is 7.77. The van der Waals surface area contributed by atoms with Crippen LogP contribution in [0.4, 0.5) is 0 Å². The largest absolute Gasteiger partial charge is 0.317 e. The lowest BCUT2D eigenvalue weighted by Gasteiger charge is -2.08. The van der Waals surface area contributed by atoms with Crippen molar-refractivity contribution in [1.29, 1.82) is 0 Å². The standard InChI is InChI=1S/C5H11N.CH2S/c1-2-4-6-5-3-1;1-2/h6H,1-5H2;1H2. The quantitative estimate of drug-likeness (QED) is 0.498. The Morgan fingerprint density at radius 2 is 1.50 bits per heavy atom. The van der Waals surface area contributed by atoms with Gasteiger partial charge in [0.15, 0.2) is 0 Å². The predicted molar refractivity (Wildman–Crippen MR) is 41.4 cm³/mol. The van der Waals surface area contributed by atoms with Crippen molar-refractivity contribution in [1.82, 2.24) is 5.32 Å². The van der Waals surface area contributed by atoms with E-state index in [0.717, 1.165) is 0 Å². The SMILES string of the molecule is C1CCNCC1.C=S. The molecule has 8 heavy (non-hydrogen) atoms. The Bertz CT molecular complexity index is 32.3. The smallest absolute Gasteiger partial charge is 0.00489 e. The van der Waals surface area contributed by atoms with Crippen molar-refractivity contribution in [3.8, 4) is 0 Å². The van der Waals surface area contributed by atoms with Crippen LogP contribution in [0.15, 0.2) is 0 Å². The van der Waals surface area contributed by atoms with Crippen LogP contribution < -0.4 is 5.32 Å². The zero-order valence-electron chi connectivity index (χ0n) is 5.15. The van der Waals surface area contributed by atoms with Crippen molar-refractivity contribution in [3.05, 3.63) is 0 Å². The van der Waals surface area contributed by atoms with Crippen LogP contribution in [0.1, 0.15) is 19.3 Å². The van der Waals surface area contributed by atoms with Gasteiger partial charge in [0.2, 0.25) is 0 Å². The van der Waals surface area contributed by atoms with Crippen molar-refractivity contribution >= 4 is 18.1 Å². The summed E-state index contributed by atoms with van der Waals surface area (Å²) >= 11 is 3.83. The summed E-state index contributed by atoms with van der Waals surface area (Å²) in [5.41, 5.74) is 0. The Kier molecular flexibility index (Phi) is 7.09. The van der Waals surface area contributed by atoms with Crippen LogP contribution in [0.25, 0.3) is 0 Å². The van der Waals surface area contributed by atoms with E-state index in [1.165, 1.54) is 32.4 Å². The molecule has 1 nitrogen and oxygen atoms in total. The lowest BCUT2D eigenvalue weighted by Crippen LogP contribution is -2.21. The third-order valence-corrected chi connectivity index (χ3v) is 1.21. The second kappa shape index (κ2) is 7.05. The summed E-state index contributed by atoms with van der Waals surface area (Å²) in [5, 5.41) is 3.28. The number of rotatable bonds is 0. The number of piperidine rings is 1. The fourth-order valence-corrected chi connectivity index (χ4v) is 0.802. The van der Waals surface area contributed by atoms with Gasteiger partial charge >= 0.3 is 0 Å². The minimum Gasteiger partial charge on any atom is -0.317 e. The molecule has 1 N–H and O–H groups in total. The van der Waals surface area contributed by atoms with Crippen LogP contribution in [-0.4, -0.2) is 19.0 Å². The van der Waals surface area contributed by atoms with E-state index in [1.54, 1.807) is 0 Å². The Morgan fingerprint density at radius 3 is 1.62 bits per heavy atom. The molecule has 1 aliphatic heterocycles. The van der Waals surface area contributed by atoms with Crippen LogP contribution in [0.3, 0.4) is 0 Å². The molecule has 0 amide bonds. The first-order chi connectivity index (χ1) is 4.00. The lowest BCUT2D eigenvalue weighted by atomic mass is 10.2. The average molecular weight is 131 g/mol. The van der Waals surface area contributed by atoms with Crippen LogP contribution in [0.2, 0.25) is 0 Å². The van der Waals surface area contributed by atoms with Gasteiger partial charge in [0.25, 0.3) is 0 Å². The Labute approximate surface area is 56.5 Å². The van der Waals surface area contributed by atoms with E-state index in [2.05, 4.69) is 23.4 Å². The molecule has 1 fully saturated rings. The molecule has 0 aromatic carbocycles. The van der Waals surface area contributed by atoms with E-state index >= 15 is 0 Å². The zero-order valence-corrected chi connectivity index (χ0v) is 5.97. The van der Waals surface area contributed by atoms with Gasteiger partial charge in [0, 0.05) is 0 Å². The molecule has 0 atom stereocenters. The second-order valence-corrected chi connectivity index (χ2v) is 1.81. The molecule has 0 aromatic heterocycles. The number of hydrogen-bond donors (Lipinski definition) is 1. The highest BCUT2D eigenvalue weighted by Crippen LogP contribution is 1.96. The Balaban J connectivity index is 0.000000222. The first-order valence-electron chi connectivity index (χ1n) is 3.00. The molecule has 1 saturated heterocycles. The maximum Gasteiger partial charge on any atom is -0.00489 e. The molecular formula is C6H13NS. The third kappa shape index (κ3) is 4.22. The highest BCUT2D eigenvalue weighted by atomic mass is 32.1. The first kappa shape index (κ1) is 8.05. The van der Waals surface area contributed by atoms with Crippen LogP contribution in [0, 0.1) is 0 Å². The van der Waals surface area contributed by atoms with E-state index in [-0.39, 0.29) is 0 Å². The summed E-state index contributed by atoms with van der Waals surface area (Å²) in [6.45, 7) is 2.50. The van der Waals surface area contributed by atoms with E-state index in [9.17, 15) is 0 Å². The van der Waals surface area contributed by atoms with Gasteiger partial charge < -0.3 is 5.32 Å².